The molecule has 0 bridgehead atoms. The lowest BCUT2D eigenvalue weighted by Crippen LogP contribution is -2.63. The van der Waals surface area contributed by atoms with Crippen LogP contribution in [-0.4, -0.2) is 57.6 Å². The van der Waals surface area contributed by atoms with Gasteiger partial charge in [-0.3, -0.25) is 9.48 Å². The summed E-state index contributed by atoms with van der Waals surface area (Å²) in [5.74, 6) is 2.68. The molecule has 43 heavy (non-hydrogen) atoms. The van der Waals surface area contributed by atoms with Crippen LogP contribution in [0.15, 0.2) is 4.99 Å². The highest BCUT2D eigenvalue weighted by Gasteiger charge is 2.42. The molecule has 0 heterocycles. The molecular weight excluding hydrogens is 526 g/mol. The molecule has 0 aromatic rings. The highest BCUT2D eigenvalue weighted by atomic mass is 15.4. The van der Waals surface area contributed by atoms with Crippen molar-refractivity contribution >= 4 is 11.9 Å². The number of hydrogen-bond acceptors (Lipinski definition) is 1. The van der Waals surface area contributed by atoms with Gasteiger partial charge in [0.2, 0.25) is 0 Å². The van der Waals surface area contributed by atoms with Gasteiger partial charge in [0.25, 0.3) is 5.96 Å². The van der Waals surface area contributed by atoms with E-state index in [2.05, 4.69) is 20.1 Å². The summed E-state index contributed by atoms with van der Waals surface area (Å²) in [7, 11) is 0. The van der Waals surface area contributed by atoms with Crippen LogP contribution >= 0.6 is 0 Å². The molecule has 0 aromatic heterocycles. The van der Waals surface area contributed by atoms with Gasteiger partial charge in [0, 0.05) is 6.04 Å². The molecule has 6 aliphatic rings. The molecule has 0 unspecified atom stereocenters. The van der Waals surface area contributed by atoms with Crippen molar-refractivity contribution in [3.8, 4) is 0 Å². The summed E-state index contributed by atoms with van der Waals surface area (Å²) in [6.07, 6.45) is 41.6. The third-order valence-corrected chi connectivity index (χ3v) is 12.4. The van der Waals surface area contributed by atoms with Gasteiger partial charge >= 0.3 is 5.96 Å². The summed E-state index contributed by atoms with van der Waals surface area (Å²) in [5.41, 5.74) is 0. The van der Waals surface area contributed by atoms with Gasteiger partial charge < -0.3 is 5.32 Å². The van der Waals surface area contributed by atoms with Crippen molar-refractivity contribution in [1.29, 1.82) is 0 Å². The topological polar surface area (TPSA) is 42.7 Å². The summed E-state index contributed by atoms with van der Waals surface area (Å²) in [6, 6.07) is 3.85. The van der Waals surface area contributed by atoms with E-state index in [1.54, 1.807) is 0 Å². The summed E-state index contributed by atoms with van der Waals surface area (Å²) in [4.78, 5) is 8.70. The van der Waals surface area contributed by atoms with Crippen LogP contribution in [0.2, 0.25) is 0 Å². The third-order valence-electron chi connectivity index (χ3n) is 12.4. The average molecular weight is 595 g/mol. The molecule has 6 fully saturated rings. The van der Waals surface area contributed by atoms with Crippen molar-refractivity contribution in [3.63, 3.8) is 0 Å². The highest BCUT2D eigenvalue weighted by Crippen LogP contribution is 2.33. The normalized spacial score (nSPS) is 27.1. The van der Waals surface area contributed by atoms with Crippen LogP contribution in [0.1, 0.15) is 193 Å². The molecule has 0 spiro atoms. The highest BCUT2D eigenvalue weighted by molar-refractivity contribution is 5.97. The summed E-state index contributed by atoms with van der Waals surface area (Å²) >= 11 is 0. The van der Waals surface area contributed by atoms with E-state index in [4.69, 9.17) is 4.99 Å². The van der Waals surface area contributed by atoms with Crippen LogP contribution in [0, 0.1) is 0 Å². The molecule has 2 N–H and O–H groups in total. The van der Waals surface area contributed by atoms with Gasteiger partial charge in [-0.15, -0.1) is 0 Å². The quantitative estimate of drug-likeness (QED) is 0.183. The zero-order valence-corrected chi connectivity index (χ0v) is 28.0. The van der Waals surface area contributed by atoms with Crippen molar-refractivity contribution < 1.29 is 4.58 Å². The van der Waals surface area contributed by atoms with E-state index >= 15 is 0 Å². The maximum atomic E-state index is 5.64. The predicted molar refractivity (Wildman–Crippen MR) is 182 cm³/mol. The largest absolute Gasteiger partial charge is 0.356 e. The zero-order valence-electron chi connectivity index (χ0n) is 28.0. The van der Waals surface area contributed by atoms with Crippen molar-refractivity contribution in [1.82, 2.24) is 15.5 Å². The lowest BCUT2D eigenvalue weighted by atomic mass is 9.88. The standard InChI is InChI=1S/C38H67N5/c1-7-19-31(20-8-1)39-37(40-32-21-9-2-10-22-32)41-38(42(33-23-11-3-12-24-33)34-25-13-4-14-26-34)43(35-27-15-5-16-28-35)36-29-17-6-18-30-36/h31-36H,1-30H2,(H,39,40)/p+1. The number of nitrogens with zero attached hydrogens (tertiary/aromatic N) is 3. The lowest BCUT2D eigenvalue weighted by molar-refractivity contribution is -0.613. The van der Waals surface area contributed by atoms with Crippen molar-refractivity contribution in [2.45, 2.75) is 229 Å². The molecule has 5 nitrogen and oxygen atoms in total. The van der Waals surface area contributed by atoms with Crippen LogP contribution in [0.5, 0.6) is 0 Å². The van der Waals surface area contributed by atoms with Crippen molar-refractivity contribution in [2.24, 2.45) is 4.99 Å². The molecule has 0 aromatic carbocycles. The fourth-order valence-electron chi connectivity index (χ4n) is 10.0. The Morgan fingerprint density at radius 3 is 1.33 bits per heavy atom. The molecule has 0 aliphatic heterocycles. The van der Waals surface area contributed by atoms with Gasteiger partial charge in [-0.25, -0.2) is 10.3 Å². The minimum Gasteiger partial charge on any atom is -0.340 e. The molecule has 6 saturated carbocycles. The molecule has 0 amide bonds. The Morgan fingerprint density at radius 1 is 0.465 bits per heavy atom. The van der Waals surface area contributed by atoms with Gasteiger partial charge in [-0.1, -0.05) is 116 Å². The van der Waals surface area contributed by atoms with Crippen LogP contribution in [0.3, 0.4) is 0 Å². The molecule has 0 radical (unpaired) electrons. The smallest absolute Gasteiger partial charge is 0.340 e. The second kappa shape index (κ2) is 16.9. The van der Waals surface area contributed by atoms with E-state index in [0.29, 0.717) is 36.3 Å². The first-order chi connectivity index (χ1) is 21.3. The maximum absolute atomic E-state index is 5.64. The Balaban J connectivity index is 1.43. The van der Waals surface area contributed by atoms with E-state index in [9.17, 15) is 0 Å². The Morgan fingerprint density at radius 2 is 0.860 bits per heavy atom. The molecule has 6 aliphatic carbocycles. The van der Waals surface area contributed by atoms with Crippen molar-refractivity contribution in [3.05, 3.63) is 0 Å². The minimum atomic E-state index is 0.490. The summed E-state index contributed by atoms with van der Waals surface area (Å²) < 4.78 is 3.07. The second-order valence-corrected chi connectivity index (χ2v) is 15.7. The molecule has 0 saturated heterocycles. The molecule has 6 rings (SSSR count). The Labute approximate surface area is 265 Å². The van der Waals surface area contributed by atoms with E-state index < -0.39 is 0 Å². The van der Waals surface area contributed by atoms with Crippen molar-refractivity contribution in [2.75, 3.05) is 0 Å². The fraction of sp³-hybridized carbons (Fsp3) is 0.947. The molecule has 244 valence electrons. The van der Waals surface area contributed by atoms with Crippen LogP contribution in [0.25, 0.3) is 0 Å². The van der Waals surface area contributed by atoms with E-state index in [0.717, 1.165) is 5.96 Å². The van der Waals surface area contributed by atoms with Gasteiger partial charge in [0.05, 0.1) is 30.2 Å². The summed E-state index contributed by atoms with van der Waals surface area (Å²) in [6.45, 7) is 0. The first-order valence-corrected chi connectivity index (χ1v) is 19.9. The fourth-order valence-corrected chi connectivity index (χ4v) is 10.0. The summed E-state index contributed by atoms with van der Waals surface area (Å²) in [5, 5.41) is 8.47. The van der Waals surface area contributed by atoms with Crippen LogP contribution in [0.4, 0.5) is 0 Å². The second-order valence-electron chi connectivity index (χ2n) is 15.7. The van der Waals surface area contributed by atoms with Crippen LogP contribution in [-0.2, 0) is 0 Å². The number of aliphatic imine (C=N–C) groups is 1. The molecule has 5 heteroatoms. The van der Waals surface area contributed by atoms with Gasteiger partial charge in [0.1, 0.15) is 0 Å². The van der Waals surface area contributed by atoms with Gasteiger partial charge in [0.15, 0.2) is 0 Å². The average Bonchev–Trinajstić information content (AvgIpc) is 3.08. The zero-order chi connectivity index (χ0) is 29.1. The predicted octanol–water partition coefficient (Wildman–Crippen LogP) is 9.19. The Kier molecular flexibility index (Phi) is 12.4. The number of nitrogens with one attached hydrogen (secondary N) is 2. The molecular formula is C38H68N5+. The van der Waals surface area contributed by atoms with Gasteiger partial charge in [-0.2, -0.15) is 0 Å². The SMILES string of the molecule is C1CCC(N=C(NC(N(C2CCCCC2)C2CCCCC2)=[N+](C2CCCCC2)C2CCCCC2)NC2CCCCC2)CC1. The monoisotopic (exact) mass is 595 g/mol. The Hall–Kier alpha value is -1.26. The lowest BCUT2D eigenvalue weighted by Gasteiger charge is -2.42. The number of hydrogen-bond donors (Lipinski definition) is 2. The third kappa shape index (κ3) is 8.93. The maximum Gasteiger partial charge on any atom is 0.356 e. The Bertz CT molecular complexity index is 823. The van der Waals surface area contributed by atoms with Crippen LogP contribution < -0.4 is 10.6 Å². The first kappa shape index (κ1) is 31.7. The van der Waals surface area contributed by atoms with E-state index in [1.807, 2.05) is 0 Å². The molecule has 0 atom stereocenters. The number of guanidine groups is 2. The minimum absolute atomic E-state index is 0.490. The first-order valence-electron chi connectivity index (χ1n) is 19.9. The van der Waals surface area contributed by atoms with E-state index in [-0.39, 0.29) is 0 Å². The van der Waals surface area contributed by atoms with E-state index in [1.165, 1.54) is 199 Å². The van der Waals surface area contributed by atoms with Gasteiger partial charge in [-0.05, 0) is 77.0 Å². The number of rotatable bonds is 6.